The minimum absolute atomic E-state index is 0.110. The summed E-state index contributed by atoms with van der Waals surface area (Å²) in [6.07, 6.45) is 0. The van der Waals surface area contributed by atoms with Gasteiger partial charge in [-0.1, -0.05) is 24.3 Å². The summed E-state index contributed by atoms with van der Waals surface area (Å²) in [5.41, 5.74) is 1.75. The SMILES string of the molecule is COc1ccccc1NC(=O)N1CCN(Cc2cccc(O)c2)CC1. The van der Waals surface area contributed by atoms with Gasteiger partial charge in [-0.15, -0.1) is 0 Å². The van der Waals surface area contributed by atoms with Crippen LogP contribution in [-0.2, 0) is 6.54 Å². The highest BCUT2D eigenvalue weighted by atomic mass is 16.5. The molecular weight excluding hydrogens is 318 g/mol. The zero-order valence-electron chi connectivity index (χ0n) is 14.3. The van der Waals surface area contributed by atoms with Gasteiger partial charge in [0.05, 0.1) is 12.8 Å². The van der Waals surface area contributed by atoms with Crippen LogP contribution in [0.1, 0.15) is 5.56 Å². The number of phenols is 1. The van der Waals surface area contributed by atoms with E-state index in [0.717, 1.165) is 25.2 Å². The van der Waals surface area contributed by atoms with Crippen LogP contribution in [0.3, 0.4) is 0 Å². The van der Waals surface area contributed by atoms with Crippen LogP contribution in [-0.4, -0.2) is 54.2 Å². The number of aromatic hydroxyl groups is 1. The van der Waals surface area contributed by atoms with Gasteiger partial charge in [0, 0.05) is 32.7 Å². The predicted octanol–water partition coefficient (Wildman–Crippen LogP) is 2.75. The molecule has 132 valence electrons. The van der Waals surface area contributed by atoms with Crippen LogP contribution in [0.2, 0.25) is 0 Å². The molecule has 1 saturated heterocycles. The number of carbonyl (C=O) groups is 1. The number of hydrogen-bond donors (Lipinski definition) is 2. The molecule has 0 saturated carbocycles. The fraction of sp³-hybridized carbons (Fsp3) is 0.316. The molecule has 1 heterocycles. The second kappa shape index (κ2) is 7.90. The largest absolute Gasteiger partial charge is 0.508 e. The van der Waals surface area contributed by atoms with E-state index < -0.39 is 0 Å². The van der Waals surface area contributed by atoms with Gasteiger partial charge >= 0.3 is 6.03 Å². The van der Waals surface area contributed by atoms with Crippen molar-refractivity contribution in [2.45, 2.75) is 6.54 Å². The van der Waals surface area contributed by atoms with Crippen molar-refractivity contribution in [1.82, 2.24) is 9.80 Å². The fourth-order valence-electron chi connectivity index (χ4n) is 2.96. The zero-order valence-corrected chi connectivity index (χ0v) is 14.3. The van der Waals surface area contributed by atoms with E-state index in [0.29, 0.717) is 24.5 Å². The number of benzene rings is 2. The summed E-state index contributed by atoms with van der Waals surface area (Å²) < 4.78 is 5.26. The standard InChI is InChI=1S/C19H23N3O3/c1-25-18-8-3-2-7-17(18)20-19(24)22-11-9-21(10-12-22)14-15-5-4-6-16(23)13-15/h2-8,13,23H,9-12,14H2,1H3,(H,20,24). The lowest BCUT2D eigenvalue weighted by molar-refractivity contribution is 0.143. The number of amides is 2. The number of methoxy groups -OCH3 is 1. The second-order valence-corrected chi connectivity index (χ2v) is 6.06. The maximum Gasteiger partial charge on any atom is 0.322 e. The van der Waals surface area contributed by atoms with Crippen LogP contribution in [0.5, 0.6) is 11.5 Å². The van der Waals surface area contributed by atoms with E-state index in [4.69, 9.17) is 4.74 Å². The minimum Gasteiger partial charge on any atom is -0.508 e. The Morgan fingerprint density at radius 3 is 2.60 bits per heavy atom. The molecule has 2 N–H and O–H groups in total. The maximum atomic E-state index is 12.5. The Kier molecular flexibility index (Phi) is 5.40. The van der Waals surface area contributed by atoms with Crippen LogP contribution in [0.25, 0.3) is 0 Å². The molecule has 0 unspecified atom stereocenters. The van der Waals surface area contributed by atoms with Crippen LogP contribution in [0, 0.1) is 0 Å². The number of rotatable bonds is 4. The molecule has 1 fully saturated rings. The predicted molar refractivity (Wildman–Crippen MR) is 97.0 cm³/mol. The van der Waals surface area contributed by atoms with Crippen molar-refractivity contribution in [3.8, 4) is 11.5 Å². The van der Waals surface area contributed by atoms with Crippen LogP contribution < -0.4 is 10.1 Å². The van der Waals surface area contributed by atoms with Crippen molar-refractivity contribution >= 4 is 11.7 Å². The molecule has 0 spiro atoms. The summed E-state index contributed by atoms with van der Waals surface area (Å²) >= 11 is 0. The van der Waals surface area contributed by atoms with Gasteiger partial charge in [0.2, 0.25) is 0 Å². The summed E-state index contributed by atoms with van der Waals surface area (Å²) in [5, 5.41) is 12.5. The maximum absolute atomic E-state index is 12.5. The number of carbonyl (C=O) groups excluding carboxylic acids is 1. The lowest BCUT2D eigenvalue weighted by atomic mass is 10.2. The summed E-state index contributed by atoms with van der Waals surface area (Å²) in [4.78, 5) is 16.5. The van der Waals surface area contributed by atoms with Crippen molar-refractivity contribution in [2.75, 3.05) is 38.6 Å². The number of hydrogen-bond acceptors (Lipinski definition) is 4. The van der Waals surface area contributed by atoms with Crippen molar-refractivity contribution in [3.63, 3.8) is 0 Å². The van der Waals surface area contributed by atoms with E-state index in [1.54, 1.807) is 19.2 Å². The third-order valence-electron chi connectivity index (χ3n) is 4.32. The Morgan fingerprint density at radius 2 is 1.88 bits per heavy atom. The van der Waals surface area contributed by atoms with Gasteiger partial charge in [0.1, 0.15) is 11.5 Å². The minimum atomic E-state index is -0.110. The number of nitrogens with zero attached hydrogens (tertiary/aromatic N) is 2. The van der Waals surface area contributed by atoms with Crippen molar-refractivity contribution in [1.29, 1.82) is 0 Å². The normalized spacial score (nSPS) is 15.0. The Morgan fingerprint density at radius 1 is 1.12 bits per heavy atom. The first-order chi connectivity index (χ1) is 12.2. The first-order valence-electron chi connectivity index (χ1n) is 8.35. The molecule has 25 heavy (non-hydrogen) atoms. The third-order valence-corrected chi connectivity index (χ3v) is 4.32. The highest BCUT2D eigenvalue weighted by molar-refractivity contribution is 5.91. The van der Waals surface area contributed by atoms with Crippen molar-refractivity contribution in [3.05, 3.63) is 54.1 Å². The van der Waals surface area contributed by atoms with E-state index in [1.165, 1.54) is 0 Å². The zero-order chi connectivity index (χ0) is 17.6. The molecule has 0 atom stereocenters. The molecule has 0 aromatic heterocycles. The quantitative estimate of drug-likeness (QED) is 0.897. The summed E-state index contributed by atoms with van der Waals surface area (Å²) in [7, 11) is 1.59. The van der Waals surface area contributed by atoms with E-state index >= 15 is 0 Å². The number of ether oxygens (including phenoxy) is 1. The molecule has 2 aromatic rings. The number of nitrogens with one attached hydrogen (secondary N) is 1. The van der Waals surface area contributed by atoms with Gasteiger partial charge < -0.3 is 20.1 Å². The van der Waals surface area contributed by atoms with Crippen molar-refractivity contribution < 1.29 is 14.6 Å². The first kappa shape index (κ1) is 17.1. The lowest BCUT2D eigenvalue weighted by Crippen LogP contribution is -2.49. The number of anilines is 1. The van der Waals surface area contributed by atoms with Gasteiger partial charge in [-0.05, 0) is 29.8 Å². The summed E-state index contributed by atoms with van der Waals surface area (Å²) in [6, 6.07) is 14.6. The van der Waals surface area contributed by atoms with Crippen LogP contribution >= 0.6 is 0 Å². The van der Waals surface area contributed by atoms with Gasteiger partial charge in [0.15, 0.2) is 0 Å². The molecular formula is C19H23N3O3. The molecule has 2 amide bonds. The topological polar surface area (TPSA) is 65.0 Å². The number of piperazine rings is 1. The molecule has 0 aliphatic carbocycles. The van der Waals surface area contributed by atoms with Gasteiger partial charge in [-0.3, -0.25) is 4.90 Å². The molecule has 1 aliphatic rings. The van der Waals surface area contributed by atoms with E-state index in [2.05, 4.69) is 10.2 Å². The average Bonchev–Trinajstić information content (AvgIpc) is 2.63. The molecule has 6 nitrogen and oxygen atoms in total. The van der Waals surface area contributed by atoms with E-state index in [9.17, 15) is 9.90 Å². The lowest BCUT2D eigenvalue weighted by Gasteiger charge is -2.34. The first-order valence-corrected chi connectivity index (χ1v) is 8.35. The average molecular weight is 341 g/mol. The molecule has 0 radical (unpaired) electrons. The summed E-state index contributed by atoms with van der Waals surface area (Å²) in [5.74, 6) is 0.936. The third kappa shape index (κ3) is 4.42. The molecule has 6 heteroatoms. The fourth-order valence-corrected chi connectivity index (χ4v) is 2.96. The number of urea groups is 1. The smallest absolute Gasteiger partial charge is 0.322 e. The van der Waals surface area contributed by atoms with E-state index in [1.807, 2.05) is 41.3 Å². The van der Waals surface area contributed by atoms with Crippen molar-refractivity contribution in [2.24, 2.45) is 0 Å². The number of para-hydroxylation sites is 2. The Hall–Kier alpha value is -2.73. The second-order valence-electron chi connectivity index (χ2n) is 6.06. The van der Waals surface area contributed by atoms with Crippen LogP contribution in [0.15, 0.2) is 48.5 Å². The molecule has 1 aliphatic heterocycles. The monoisotopic (exact) mass is 341 g/mol. The molecule has 2 aromatic carbocycles. The summed E-state index contributed by atoms with van der Waals surface area (Å²) in [6.45, 7) is 3.71. The van der Waals surface area contributed by atoms with Crippen LogP contribution in [0.4, 0.5) is 10.5 Å². The van der Waals surface area contributed by atoms with E-state index in [-0.39, 0.29) is 11.8 Å². The number of phenolic OH excluding ortho intramolecular Hbond substituents is 1. The highest BCUT2D eigenvalue weighted by Crippen LogP contribution is 2.23. The molecule has 3 rings (SSSR count). The Labute approximate surface area is 147 Å². The van der Waals surface area contributed by atoms with Gasteiger partial charge in [-0.25, -0.2) is 4.79 Å². The Bertz CT molecular complexity index is 727. The highest BCUT2D eigenvalue weighted by Gasteiger charge is 2.21. The Balaban J connectivity index is 1.52. The van der Waals surface area contributed by atoms with Gasteiger partial charge in [-0.2, -0.15) is 0 Å². The van der Waals surface area contributed by atoms with Gasteiger partial charge in [0.25, 0.3) is 0 Å². The molecule has 0 bridgehead atoms.